The van der Waals surface area contributed by atoms with Gasteiger partial charge in [-0.15, -0.1) is 6.42 Å². The van der Waals surface area contributed by atoms with Gasteiger partial charge in [0, 0.05) is 7.05 Å². The van der Waals surface area contributed by atoms with Crippen molar-refractivity contribution in [2.45, 2.75) is 38.1 Å². The molecule has 0 amide bonds. The fourth-order valence-electron chi connectivity index (χ4n) is 1.62. The van der Waals surface area contributed by atoms with Crippen LogP contribution in [0.2, 0.25) is 0 Å². The van der Waals surface area contributed by atoms with Crippen molar-refractivity contribution in [1.29, 1.82) is 0 Å². The summed E-state index contributed by atoms with van der Waals surface area (Å²) in [6.07, 6.45) is 5.80. The van der Waals surface area contributed by atoms with E-state index in [2.05, 4.69) is 15.7 Å². The van der Waals surface area contributed by atoms with E-state index >= 15 is 0 Å². The van der Waals surface area contributed by atoms with Crippen molar-refractivity contribution in [1.82, 2.24) is 14.5 Å². The van der Waals surface area contributed by atoms with Crippen molar-refractivity contribution in [2.24, 2.45) is 7.05 Å². The maximum absolute atomic E-state index is 12.2. The highest BCUT2D eigenvalue weighted by molar-refractivity contribution is 7.89. The Morgan fingerprint density at radius 3 is 2.47 bits per heavy atom. The average Bonchev–Trinajstić information content (AvgIpc) is 2.50. The Balaban J connectivity index is 3.19. The van der Waals surface area contributed by atoms with E-state index in [4.69, 9.17) is 6.42 Å². The summed E-state index contributed by atoms with van der Waals surface area (Å²) >= 11 is 0. The van der Waals surface area contributed by atoms with Crippen LogP contribution in [0.15, 0.2) is 4.90 Å². The molecule has 0 aliphatic carbocycles. The molecule has 0 saturated heterocycles. The lowest BCUT2D eigenvalue weighted by Crippen LogP contribution is -2.33. The maximum atomic E-state index is 12.2. The standard InChI is InChI=1S/C11H17N3O2S/c1-6-10(7-2)13-17(15,16)11-8(3)12-14(5)9(11)4/h1,10,13H,7H2,2-5H3. The minimum Gasteiger partial charge on any atom is -0.271 e. The summed E-state index contributed by atoms with van der Waals surface area (Å²) in [5.41, 5.74) is 1.08. The molecule has 1 aromatic rings. The zero-order valence-electron chi connectivity index (χ0n) is 10.5. The normalized spacial score (nSPS) is 13.4. The Labute approximate surface area is 102 Å². The summed E-state index contributed by atoms with van der Waals surface area (Å²) < 4.78 is 28.3. The van der Waals surface area contributed by atoms with Crippen LogP contribution in [-0.4, -0.2) is 24.2 Å². The quantitative estimate of drug-likeness (QED) is 0.807. The zero-order chi connectivity index (χ0) is 13.2. The molecule has 94 valence electrons. The van der Waals surface area contributed by atoms with Crippen LogP contribution < -0.4 is 4.72 Å². The van der Waals surface area contributed by atoms with Gasteiger partial charge in [0.15, 0.2) is 0 Å². The number of nitrogens with one attached hydrogen (secondary N) is 1. The molecule has 0 radical (unpaired) electrons. The predicted molar refractivity (Wildman–Crippen MR) is 65.9 cm³/mol. The Kier molecular flexibility index (Phi) is 3.96. The number of rotatable bonds is 4. The first-order valence-electron chi connectivity index (χ1n) is 5.32. The topological polar surface area (TPSA) is 64.0 Å². The van der Waals surface area contributed by atoms with Crippen molar-refractivity contribution in [3.05, 3.63) is 11.4 Å². The highest BCUT2D eigenvalue weighted by atomic mass is 32.2. The van der Waals surface area contributed by atoms with Gasteiger partial charge in [-0.25, -0.2) is 8.42 Å². The second kappa shape index (κ2) is 4.90. The van der Waals surface area contributed by atoms with Crippen molar-refractivity contribution in [2.75, 3.05) is 0 Å². The fourth-order valence-corrected chi connectivity index (χ4v) is 3.30. The third kappa shape index (κ3) is 2.68. The lowest BCUT2D eigenvalue weighted by atomic mass is 10.3. The van der Waals surface area contributed by atoms with E-state index in [1.165, 1.54) is 0 Å². The molecule has 1 unspecified atom stereocenters. The largest absolute Gasteiger partial charge is 0.271 e. The molecule has 1 N–H and O–H groups in total. The van der Waals surface area contributed by atoms with Gasteiger partial charge >= 0.3 is 0 Å². The number of sulfonamides is 1. The zero-order valence-corrected chi connectivity index (χ0v) is 11.3. The molecule has 0 aromatic carbocycles. The summed E-state index contributed by atoms with van der Waals surface area (Å²) in [6, 6.07) is -0.487. The number of terminal acetylenes is 1. The lowest BCUT2D eigenvalue weighted by molar-refractivity contribution is 0.569. The summed E-state index contributed by atoms with van der Waals surface area (Å²) in [6.45, 7) is 5.21. The molecule has 1 heterocycles. The lowest BCUT2D eigenvalue weighted by Gasteiger charge is -2.11. The van der Waals surface area contributed by atoms with Crippen LogP contribution in [0.3, 0.4) is 0 Å². The highest BCUT2D eigenvalue weighted by Crippen LogP contribution is 2.18. The van der Waals surface area contributed by atoms with Gasteiger partial charge in [-0.3, -0.25) is 4.68 Å². The van der Waals surface area contributed by atoms with Crippen LogP contribution in [0.25, 0.3) is 0 Å². The van der Waals surface area contributed by atoms with E-state index in [1.54, 1.807) is 25.6 Å². The van der Waals surface area contributed by atoms with Gasteiger partial charge in [-0.2, -0.15) is 9.82 Å². The van der Waals surface area contributed by atoms with E-state index in [0.29, 0.717) is 17.8 Å². The third-order valence-electron chi connectivity index (χ3n) is 2.62. The van der Waals surface area contributed by atoms with Crippen molar-refractivity contribution >= 4 is 10.0 Å². The summed E-state index contributed by atoms with van der Waals surface area (Å²) in [4.78, 5) is 0.216. The molecule has 17 heavy (non-hydrogen) atoms. The first kappa shape index (κ1) is 13.7. The summed E-state index contributed by atoms with van der Waals surface area (Å²) in [5, 5.41) is 4.08. The number of nitrogens with zero attached hydrogens (tertiary/aromatic N) is 2. The van der Waals surface area contributed by atoms with Crippen molar-refractivity contribution < 1.29 is 8.42 Å². The molecule has 1 atom stereocenters. The molecule has 0 spiro atoms. The van der Waals surface area contributed by atoms with E-state index in [0.717, 1.165) is 0 Å². The fraction of sp³-hybridized carbons (Fsp3) is 0.545. The van der Waals surface area contributed by atoms with E-state index in [-0.39, 0.29) is 4.90 Å². The first-order chi connectivity index (χ1) is 7.83. The molecule has 0 fully saturated rings. The van der Waals surface area contributed by atoms with Crippen LogP contribution in [-0.2, 0) is 17.1 Å². The van der Waals surface area contributed by atoms with Crippen LogP contribution in [0, 0.1) is 26.2 Å². The third-order valence-corrected chi connectivity index (χ3v) is 4.34. The van der Waals surface area contributed by atoms with Crippen LogP contribution in [0.1, 0.15) is 24.7 Å². The van der Waals surface area contributed by atoms with Gasteiger partial charge in [0.25, 0.3) is 0 Å². The van der Waals surface area contributed by atoms with Crippen LogP contribution in [0.5, 0.6) is 0 Å². The Bertz CT molecular complexity index is 552. The van der Waals surface area contributed by atoms with Gasteiger partial charge in [0.05, 0.1) is 17.4 Å². The number of aromatic nitrogens is 2. The Morgan fingerprint density at radius 1 is 1.53 bits per heavy atom. The van der Waals surface area contributed by atoms with Gasteiger partial charge in [-0.05, 0) is 20.3 Å². The Hall–Kier alpha value is -1.32. The maximum Gasteiger partial charge on any atom is 0.245 e. The number of aryl methyl sites for hydroxylation is 2. The predicted octanol–water partition coefficient (Wildman–Crippen LogP) is 0.727. The molecule has 0 aliphatic heterocycles. The van der Waals surface area contributed by atoms with Gasteiger partial charge in [-0.1, -0.05) is 12.8 Å². The first-order valence-corrected chi connectivity index (χ1v) is 6.80. The molecule has 6 heteroatoms. The van der Waals surface area contributed by atoms with Crippen LogP contribution in [0.4, 0.5) is 0 Å². The molecule has 1 aromatic heterocycles. The molecule has 0 bridgehead atoms. The second-order valence-electron chi connectivity index (χ2n) is 3.87. The SMILES string of the molecule is C#CC(CC)NS(=O)(=O)c1c(C)nn(C)c1C. The monoisotopic (exact) mass is 255 g/mol. The second-order valence-corrected chi connectivity index (χ2v) is 5.52. The van der Waals surface area contributed by atoms with E-state index in [9.17, 15) is 8.42 Å². The van der Waals surface area contributed by atoms with Crippen molar-refractivity contribution in [3.8, 4) is 12.3 Å². The summed E-state index contributed by atoms with van der Waals surface area (Å²) in [7, 11) is -1.89. The number of hydrogen-bond acceptors (Lipinski definition) is 3. The van der Waals surface area contributed by atoms with Gasteiger partial charge < -0.3 is 0 Å². The van der Waals surface area contributed by atoms with E-state index in [1.807, 2.05) is 6.92 Å². The van der Waals surface area contributed by atoms with Crippen LogP contribution >= 0.6 is 0 Å². The van der Waals surface area contributed by atoms with Crippen molar-refractivity contribution in [3.63, 3.8) is 0 Å². The minimum absolute atomic E-state index is 0.216. The molecule has 1 rings (SSSR count). The van der Waals surface area contributed by atoms with Gasteiger partial charge in [0.1, 0.15) is 4.90 Å². The van der Waals surface area contributed by atoms with E-state index < -0.39 is 16.1 Å². The highest BCUT2D eigenvalue weighted by Gasteiger charge is 2.25. The molecule has 0 saturated carbocycles. The van der Waals surface area contributed by atoms with Gasteiger partial charge in [0.2, 0.25) is 10.0 Å². The molecular formula is C11H17N3O2S. The number of hydrogen-bond donors (Lipinski definition) is 1. The smallest absolute Gasteiger partial charge is 0.245 e. The average molecular weight is 255 g/mol. The molecule has 0 aliphatic rings. The molecular weight excluding hydrogens is 238 g/mol. The summed E-state index contributed by atoms with van der Waals surface area (Å²) in [5.74, 6) is 2.41. The Morgan fingerprint density at radius 2 is 2.12 bits per heavy atom. The minimum atomic E-state index is -3.60. The molecule has 5 nitrogen and oxygen atoms in total.